The molecule has 0 saturated heterocycles. The third-order valence-corrected chi connectivity index (χ3v) is 7.80. The van der Waals surface area contributed by atoms with Gasteiger partial charge in [-0.05, 0) is 38.5 Å². The van der Waals surface area contributed by atoms with E-state index in [1.807, 2.05) is 38.2 Å². The van der Waals surface area contributed by atoms with E-state index in [1.54, 1.807) is 13.1 Å². The number of hydrogen-bond donors (Lipinski definition) is 1. The van der Waals surface area contributed by atoms with Crippen molar-refractivity contribution in [2.24, 2.45) is 0 Å². The van der Waals surface area contributed by atoms with Gasteiger partial charge in [0, 0.05) is 36.0 Å². The average Bonchev–Trinajstić information content (AvgIpc) is 3.20. The molecule has 0 fully saturated rings. The Balaban J connectivity index is 1.94. The van der Waals surface area contributed by atoms with Crippen LogP contribution in [0.4, 0.5) is 4.79 Å². The van der Waals surface area contributed by atoms with E-state index in [2.05, 4.69) is 9.97 Å². The van der Waals surface area contributed by atoms with Gasteiger partial charge < -0.3 is 9.72 Å². The lowest BCUT2D eigenvalue weighted by Gasteiger charge is -2.12. The Morgan fingerprint density at radius 2 is 2.14 bits per heavy atom. The van der Waals surface area contributed by atoms with Gasteiger partial charge in [-0.1, -0.05) is 0 Å². The molecule has 8 heteroatoms. The molecule has 2 unspecified atom stereocenters. The quantitative estimate of drug-likeness (QED) is 0.668. The minimum atomic E-state index is -0.748. The Bertz CT molecular complexity index is 1190. The van der Waals surface area contributed by atoms with Crippen molar-refractivity contribution < 1.29 is 14.3 Å². The summed E-state index contributed by atoms with van der Waals surface area (Å²) in [6.45, 7) is 5.71. The van der Waals surface area contributed by atoms with Crippen molar-refractivity contribution in [3.05, 3.63) is 57.8 Å². The second-order valence-electron chi connectivity index (χ2n) is 7.34. The first-order valence-electron chi connectivity index (χ1n) is 9.40. The first-order valence-corrected chi connectivity index (χ1v) is 10.7. The van der Waals surface area contributed by atoms with E-state index in [0.29, 0.717) is 17.7 Å². The van der Waals surface area contributed by atoms with Gasteiger partial charge in [-0.25, -0.2) is 19.1 Å². The summed E-state index contributed by atoms with van der Waals surface area (Å²) in [7, 11) is 0.572. The zero-order chi connectivity index (χ0) is 20.9. The number of carbonyl (C=O) groups is 2. The number of nitrogens with one attached hydrogen (secondary N) is 1. The van der Waals surface area contributed by atoms with Gasteiger partial charge in [0.05, 0.1) is 12.7 Å². The molecule has 1 N–H and O–H groups in total. The number of methoxy groups -OCH3 is 1. The summed E-state index contributed by atoms with van der Waals surface area (Å²) in [5.41, 5.74) is 2.11. The fraction of sp³-hybridized carbons (Fsp3) is 0.333. The number of rotatable bonds is 3. The number of aromatic nitrogens is 3. The normalized spacial score (nSPS) is 18.4. The summed E-state index contributed by atoms with van der Waals surface area (Å²) in [4.78, 5) is 46.8. The van der Waals surface area contributed by atoms with Crippen LogP contribution >= 0.6 is 0 Å². The molecule has 4 rings (SSSR count). The molecule has 0 aliphatic carbocycles. The lowest BCUT2D eigenvalue weighted by atomic mass is 10.0. The highest BCUT2D eigenvalue weighted by atomic mass is 32.2. The van der Waals surface area contributed by atoms with Crippen LogP contribution in [-0.4, -0.2) is 38.1 Å². The summed E-state index contributed by atoms with van der Waals surface area (Å²) in [6.07, 6.45) is 3.11. The van der Waals surface area contributed by atoms with Crippen LogP contribution in [0.3, 0.4) is 0 Å². The van der Waals surface area contributed by atoms with Crippen LogP contribution in [0.1, 0.15) is 43.5 Å². The average molecular weight is 412 g/mol. The van der Waals surface area contributed by atoms with E-state index in [9.17, 15) is 14.4 Å². The molecule has 0 amide bonds. The van der Waals surface area contributed by atoms with Crippen molar-refractivity contribution >= 4 is 33.1 Å². The first-order chi connectivity index (χ1) is 13.8. The Morgan fingerprint density at radius 3 is 2.83 bits per heavy atom. The van der Waals surface area contributed by atoms with E-state index < -0.39 is 28.5 Å². The number of nitrogens with zero attached hydrogens (tertiary/aromatic N) is 2. The molecule has 2 atom stereocenters. The predicted octanol–water partition coefficient (Wildman–Crippen LogP) is 2.96. The maximum Gasteiger partial charge on any atom is 0.420 e. The van der Waals surface area contributed by atoms with Gasteiger partial charge in [-0.15, -0.1) is 0 Å². The van der Waals surface area contributed by atoms with Crippen LogP contribution in [0.5, 0.6) is 0 Å². The van der Waals surface area contributed by atoms with Crippen LogP contribution in [-0.2, 0) is 26.8 Å². The highest BCUT2D eigenvalue weighted by Gasteiger charge is 2.51. The number of fused-ring (bicyclic) bond motifs is 2. The Hall–Kier alpha value is -2.87. The smallest absolute Gasteiger partial charge is 0.420 e. The minimum Gasteiger partial charge on any atom is -0.452 e. The van der Waals surface area contributed by atoms with Gasteiger partial charge in [-0.2, -0.15) is 0 Å². The van der Waals surface area contributed by atoms with Gasteiger partial charge in [0.1, 0.15) is 27.7 Å². The summed E-state index contributed by atoms with van der Waals surface area (Å²) >= 11 is 0. The Kier molecular flexibility index (Phi) is 4.82. The molecule has 7 nitrogen and oxygen atoms in total. The van der Waals surface area contributed by atoms with Crippen molar-refractivity contribution in [2.45, 2.75) is 43.3 Å². The summed E-state index contributed by atoms with van der Waals surface area (Å²) in [5.74, 6) is -0.523. The standard InChI is InChI=1S/C21H22N3O4S/c1-11(2)29-16-9-14(8-13-10-23-18-15(13)6-5-7-22-18)24(21(27)28-4)19(25)17(16)12(3)20(29)26/h5-7,9-12H,8H2,1-4H3,(H,22,23)/q+1. The largest absolute Gasteiger partial charge is 0.452 e. The SMILES string of the molecule is COC(=O)n1c(Cc2c[nH]c3ncccc23)cc2c(c1=O)C(C)C(=O)[S+]2C(C)C. The van der Waals surface area contributed by atoms with Crippen LogP contribution in [0, 0.1) is 0 Å². The third kappa shape index (κ3) is 2.98. The first kappa shape index (κ1) is 19.4. The van der Waals surface area contributed by atoms with Crippen LogP contribution in [0.2, 0.25) is 0 Å². The number of ether oxygens (including phenoxy) is 1. The molecule has 4 heterocycles. The molecule has 3 aromatic rings. The molecule has 1 aliphatic rings. The summed E-state index contributed by atoms with van der Waals surface area (Å²) < 4.78 is 5.94. The Morgan fingerprint density at radius 1 is 1.38 bits per heavy atom. The number of H-pyrrole nitrogens is 1. The van der Waals surface area contributed by atoms with Gasteiger partial charge in [0.2, 0.25) is 0 Å². The van der Waals surface area contributed by atoms with Crippen molar-refractivity contribution in [1.82, 2.24) is 14.5 Å². The number of pyridine rings is 2. The summed E-state index contributed by atoms with van der Waals surface area (Å²) in [6, 6.07) is 5.62. The zero-order valence-corrected chi connectivity index (χ0v) is 17.5. The maximum atomic E-state index is 13.3. The minimum absolute atomic E-state index is 0.0527. The van der Waals surface area contributed by atoms with Crippen LogP contribution < -0.4 is 5.56 Å². The predicted molar refractivity (Wildman–Crippen MR) is 112 cm³/mol. The molecular formula is C21H22N3O4S+. The van der Waals surface area contributed by atoms with Gasteiger partial charge in [0.15, 0.2) is 4.90 Å². The lowest BCUT2D eigenvalue weighted by Crippen LogP contribution is -2.33. The molecule has 0 radical (unpaired) electrons. The highest BCUT2D eigenvalue weighted by molar-refractivity contribution is 8.12. The highest BCUT2D eigenvalue weighted by Crippen LogP contribution is 2.38. The molecule has 150 valence electrons. The summed E-state index contributed by atoms with van der Waals surface area (Å²) in [5, 5.41) is 1.06. The van der Waals surface area contributed by atoms with Gasteiger partial charge in [-0.3, -0.25) is 4.79 Å². The number of hydrogen-bond acceptors (Lipinski definition) is 5. The van der Waals surface area contributed by atoms with Crippen molar-refractivity contribution in [1.29, 1.82) is 0 Å². The zero-order valence-electron chi connectivity index (χ0n) is 16.7. The van der Waals surface area contributed by atoms with Crippen molar-refractivity contribution in [3.63, 3.8) is 0 Å². The molecule has 0 bridgehead atoms. The maximum absolute atomic E-state index is 13.3. The fourth-order valence-electron chi connectivity index (χ4n) is 3.91. The molecule has 1 aliphatic heterocycles. The number of carbonyl (C=O) groups excluding carboxylic acids is 2. The van der Waals surface area contributed by atoms with Crippen molar-refractivity contribution in [3.8, 4) is 0 Å². The van der Waals surface area contributed by atoms with E-state index in [-0.39, 0.29) is 10.4 Å². The van der Waals surface area contributed by atoms with Crippen LogP contribution in [0.15, 0.2) is 40.3 Å². The number of aromatic amines is 1. The topological polar surface area (TPSA) is 94.0 Å². The molecular weight excluding hydrogens is 390 g/mol. The molecule has 29 heavy (non-hydrogen) atoms. The van der Waals surface area contributed by atoms with E-state index in [4.69, 9.17) is 4.74 Å². The second kappa shape index (κ2) is 7.18. The van der Waals surface area contributed by atoms with Gasteiger partial charge in [0.25, 0.3) is 5.56 Å². The van der Waals surface area contributed by atoms with Gasteiger partial charge >= 0.3 is 11.2 Å². The monoisotopic (exact) mass is 412 g/mol. The van der Waals surface area contributed by atoms with E-state index in [1.165, 1.54) is 7.11 Å². The van der Waals surface area contributed by atoms with Crippen LogP contribution in [0.25, 0.3) is 11.0 Å². The molecule has 0 aromatic carbocycles. The van der Waals surface area contributed by atoms with E-state index in [0.717, 1.165) is 26.1 Å². The van der Waals surface area contributed by atoms with E-state index >= 15 is 0 Å². The van der Waals surface area contributed by atoms with Crippen molar-refractivity contribution in [2.75, 3.05) is 7.11 Å². The molecule has 0 saturated carbocycles. The third-order valence-electron chi connectivity index (χ3n) is 5.26. The molecule has 3 aromatic heterocycles. The Labute approximate surface area is 170 Å². The fourth-order valence-corrected chi connectivity index (χ4v) is 6.36. The lowest BCUT2D eigenvalue weighted by molar-refractivity contribution is -0.112. The second-order valence-corrected chi connectivity index (χ2v) is 9.80. The molecule has 0 spiro atoms.